The van der Waals surface area contributed by atoms with Crippen molar-refractivity contribution in [2.24, 2.45) is 11.6 Å². The number of carbonyl (C=O) groups excluding carboxylic acids is 1. The number of piperazine rings is 1. The average Bonchev–Trinajstić information content (AvgIpc) is 3.24. The standard InChI is InChI=1S/C18H25N5O3.2C2H6/c19-15(18(25)26)12-23(20)11-14-5-3-13(4-6-14)10-22-9-8-21-7-1-2-16(21)17(22)24;2*1-2/h3-6,12,16H,1-2,7-11,19-20H2,(H,25,26);2*1-2H3/b15-12-;;. The molecule has 1 unspecified atom stereocenters. The molecule has 0 radical (unpaired) electrons. The van der Waals surface area contributed by atoms with Gasteiger partial charge in [-0.05, 0) is 30.5 Å². The Morgan fingerprint density at radius 3 is 2.33 bits per heavy atom. The number of rotatable bonds is 6. The van der Waals surface area contributed by atoms with Crippen molar-refractivity contribution < 1.29 is 14.7 Å². The molecule has 5 N–H and O–H groups in total. The molecular formula is C22H37N5O3. The highest BCUT2D eigenvalue weighted by Gasteiger charge is 2.37. The SMILES string of the molecule is CC.CC.N/C(=C\N(N)Cc1ccc(CN2CCN3CCCC3C2=O)cc1)C(=O)O. The van der Waals surface area contributed by atoms with Gasteiger partial charge in [0.25, 0.3) is 0 Å². The predicted octanol–water partition coefficient (Wildman–Crippen LogP) is 2.11. The van der Waals surface area contributed by atoms with Crippen LogP contribution in [0.4, 0.5) is 0 Å². The van der Waals surface area contributed by atoms with Gasteiger partial charge in [-0.3, -0.25) is 9.69 Å². The summed E-state index contributed by atoms with van der Waals surface area (Å²) in [6, 6.07) is 7.87. The summed E-state index contributed by atoms with van der Waals surface area (Å²) in [7, 11) is 0. The number of benzene rings is 1. The summed E-state index contributed by atoms with van der Waals surface area (Å²) in [5.41, 5.74) is 7.03. The van der Waals surface area contributed by atoms with E-state index in [1.165, 1.54) is 11.2 Å². The van der Waals surface area contributed by atoms with Crippen LogP contribution in [0.15, 0.2) is 36.2 Å². The van der Waals surface area contributed by atoms with Crippen LogP contribution in [0.25, 0.3) is 0 Å². The van der Waals surface area contributed by atoms with Crippen molar-refractivity contribution in [1.82, 2.24) is 14.8 Å². The Labute approximate surface area is 180 Å². The minimum absolute atomic E-state index is 0.0697. The number of fused-ring (bicyclic) bond motifs is 1. The summed E-state index contributed by atoms with van der Waals surface area (Å²) >= 11 is 0. The molecule has 1 aromatic rings. The van der Waals surface area contributed by atoms with Crippen LogP contribution in [0.5, 0.6) is 0 Å². The molecule has 8 nitrogen and oxygen atoms in total. The largest absolute Gasteiger partial charge is 0.477 e. The van der Waals surface area contributed by atoms with Gasteiger partial charge in [-0.1, -0.05) is 52.0 Å². The Balaban J connectivity index is 0.00000106. The predicted molar refractivity (Wildman–Crippen MR) is 119 cm³/mol. The average molecular weight is 420 g/mol. The lowest BCUT2D eigenvalue weighted by Crippen LogP contribution is -2.53. The summed E-state index contributed by atoms with van der Waals surface area (Å²) in [6.45, 7) is 11.7. The molecule has 8 heteroatoms. The van der Waals surface area contributed by atoms with Gasteiger partial charge in [-0.2, -0.15) is 0 Å². The first kappa shape index (κ1) is 25.5. The summed E-state index contributed by atoms with van der Waals surface area (Å²) in [4.78, 5) is 27.5. The van der Waals surface area contributed by atoms with Crippen LogP contribution < -0.4 is 11.6 Å². The zero-order chi connectivity index (χ0) is 22.7. The molecule has 2 heterocycles. The number of carbonyl (C=O) groups is 2. The third-order valence-corrected chi connectivity index (χ3v) is 4.93. The lowest BCUT2D eigenvalue weighted by atomic mass is 10.1. The number of hydrazine groups is 1. The molecule has 3 rings (SSSR count). The van der Waals surface area contributed by atoms with E-state index in [4.69, 9.17) is 16.7 Å². The van der Waals surface area contributed by atoms with Gasteiger partial charge in [-0.25, -0.2) is 10.6 Å². The first-order chi connectivity index (χ1) is 14.4. The quantitative estimate of drug-likeness (QED) is 0.367. The lowest BCUT2D eigenvalue weighted by molar-refractivity contribution is -0.140. The Morgan fingerprint density at radius 2 is 1.73 bits per heavy atom. The van der Waals surface area contributed by atoms with Crippen molar-refractivity contribution in [2.45, 2.75) is 59.7 Å². The number of carboxylic acids is 1. The molecule has 0 aromatic heterocycles. The topological polar surface area (TPSA) is 116 Å². The van der Waals surface area contributed by atoms with Gasteiger partial charge in [0.05, 0.1) is 12.6 Å². The Morgan fingerprint density at radius 1 is 1.13 bits per heavy atom. The second-order valence-electron chi connectivity index (χ2n) is 6.83. The highest BCUT2D eigenvalue weighted by atomic mass is 16.4. The number of hydrogen-bond donors (Lipinski definition) is 3. The number of amides is 1. The van der Waals surface area contributed by atoms with Crippen LogP contribution in [-0.2, 0) is 22.7 Å². The zero-order valence-corrected chi connectivity index (χ0v) is 18.7. The summed E-state index contributed by atoms with van der Waals surface area (Å²) in [5.74, 6) is 4.79. The number of aliphatic carboxylic acids is 1. The maximum Gasteiger partial charge on any atom is 0.353 e. The summed E-state index contributed by atoms with van der Waals surface area (Å²) in [5, 5.41) is 9.99. The van der Waals surface area contributed by atoms with Gasteiger partial charge >= 0.3 is 5.97 Å². The molecule has 2 aliphatic heterocycles. The van der Waals surface area contributed by atoms with Crippen molar-refractivity contribution in [3.05, 3.63) is 47.3 Å². The van der Waals surface area contributed by atoms with Gasteiger partial charge in [0, 0.05) is 25.8 Å². The first-order valence-corrected chi connectivity index (χ1v) is 10.8. The fraction of sp³-hybridized carbons (Fsp3) is 0.545. The van der Waals surface area contributed by atoms with Crippen LogP contribution in [0, 0.1) is 0 Å². The van der Waals surface area contributed by atoms with Gasteiger partial charge < -0.3 is 20.7 Å². The molecule has 1 amide bonds. The van der Waals surface area contributed by atoms with Gasteiger partial charge in [0.2, 0.25) is 5.91 Å². The van der Waals surface area contributed by atoms with Crippen molar-refractivity contribution in [3.63, 3.8) is 0 Å². The first-order valence-electron chi connectivity index (χ1n) is 10.8. The molecule has 0 saturated carbocycles. The number of hydrogen-bond acceptors (Lipinski definition) is 6. The van der Waals surface area contributed by atoms with Crippen LogP contribution in [0.2, 0.25) is 0 Å². The molecule has 168 valence electrons. The molecule has 2 saturated heterocycles. The van der Waals surface area contributed by atoms with E-state index in [1.807, 2.05) is 56.9 Å². The van der Waals surface area contributed by atoms with E-state index in [9.17, 15) is 9.59 Å². The van der Waals surface area contributed by atoms with Crippen LogP contribution in [0.3, 0.4) is 0 Å². The molecule has 2 fully saturated rings. The number of nitrogens with zero attached hydrogens (tertiary/aromatic N) is 3. The maximum absolute atomic E-state index is 12.6. The van der Waals surface area contributed by atoms with Crippen LogP contribution in [0.1, 0.15) is 51.7 Å². The molecule has 2 aliphatic rings. The highest BCUT2D eigenvalue weighted by Crippen LogP contribution is 2.23. The molecule has 30 heavy (non-hydrogen) atoms. The smallest absolute Gasteiger partial charge is 0.353 e. The minimum atomic E-state index is -1.21. The summed E-state index contributed by atoms with van der Waals surface area (Å²) < 4.78 is 0. The summed E-state index contributed by atoms with van der Waals surface area (Å²) in [6.07, 6.45) is 3.26. The zero-order valence-electron chi connectivity index (χ0n) is 18.7. The fourth-order valence-corrected chi connectivity index (χ4v) is 3.56. The van der Waals surface area contributed by atoms with Gasteiger partial charge in [0.15, 0.2) is 0 Å². The molecule has 0 spiro atoms. The second-order valence-corrected chi connectivity index (χ2v) is 6.83. The lowest BCUT2D eigenvalue weighted by Gasteiger charge is -2.36. The van der Waals surface area contributed by atoms with E-state index >= 15 is 0 Å². The van der Waals surface area contributed by atoms with E-state index < -0.39 is 5.97 Å². The molecular weight excluding hydrogens is 382 g/mol. The van der Waals surface area contributed by atoms with Crippen molar-refractivity contribution in [3.8, 4) is 0 Å². The van der Waals surface area contributed by atoms with E-state index in [2.05, 4.69) is 4.90 Å². The highest BCUT2D eigenvalue weighted by molar-refractivity contribution is 5.85. The Hall–Kier alpha value is -2.58. The monoisotopic (exact) mass is 419 g/mol. The third kappa shape index (κ3) is 7.03. The fourth-order valence-electron chi connectivity index (χ4n) is 3.56. The molecule has 1 atom stereocenters. The van der Waals surface area contributed by atoms with Gasteiger partial charge in [-0.15, -0.1) is 0 Å². The normalized spacial score (nSPS) is 18.6. The third-order valence-electron chi connectivity index (χ3n) is 4.93. The minimum Gasteiger partial charge on any atom is -0.477 e. The van der Waals surface area contributed by atoms with Crippen LogP contribution in [-0.4, -0.2) is 57.5 Å². The molecule has 0 bridgehead atoms. The van der Waals surface area contributed by atoms with Crippen molar-refractivity contribution in [1.29, 1.82) is 0 Å². The van der Waals surface area contributed by atoms with Crippen LogP contribution >= 0.6 is 0 Å². The Bertz CT molecular complexity index is 705. The van der Waals surface area contributed by atoms with E-state index in [0.29, 0.717) is 13.1 Å². The van der Waals surface area contributed by atoms with E-state index in [0.717, 1.165) is 43.6 Å². The Kier molecular flexibility index (Phi) is 10.9. The van der Waals surface area contributed by atoms with E-state index in [1.54, 1.807) is 0 Å². The number of nitrogens with two attached hydrogens (primary N) is 2. The second kappa shape index (κ2) is 12.9. The molecule has 0 aliphatic carbocycles. The van der Waals surface area contributed by atoms with Crippen molar-refractivity contribution in [2.75, 3.05) is 19.6 Å². The number of carboxylic acid groups (broad SMARTS) is 1. The van der Waals surface area contributed by atoms with E-state index in [-0.39, 0.29) is 17.6 Å². The van der Waals surface area contributed by atoms with Crippen molar-refractivity contribution >= 4 is 11.9 Å². The maximum atomic E-state index is 12.6. The van der Waals surface area contributed by atoms with Gasteiger partial charge in [0.1, 0.15) is 5.70 Å². The molecule has 1 aromatic carbocycles.